The normalized spacial score (nSPS) is 28.5. The van der Waals surface area contributed by atoms with Gasteiger partial charge in [0.2, 0.25) is 0 Å². The van der Waals surface area contributed by atoms with Crippen LogP contribution in [0.4, 0.5) is 0 Å². The number of likely N-dealkylation sites (tertiary alicyclic amines) is 1. The molecule has 1 unspecified atom stereocenters. The van der Waals surface area contributed by atoms with Crippen molar-refractivity contribution in [1.29, 1.82) is 0 Å². The minimum atomic E-state index is -0.160. The minimum Gasteiger partial charge on any atom is -0.497 e. The first-order valence-electron chi connectivity index (χ1n) is 7.36. The fraction of sp³-hybridized carbons (Fsp3) is 0.562. The van der Waals surface area contributed by atoms with Gasteiger partial charge < -0.3 is 15.0 Å². The van der Waals surface area contributed by atoms with Crippen LogP contribution in [0.2, 0.25) is 0 Å². The van der Waals surface area contributed by atoms with Crippen molar-refractivity contribution >= 4 is 17.7 Å². The zero-order chi connectivity index (χ0) is 15.5. The number of quaternary nitrogens is 1. The average Bonchev–Trinajstić information content (AvgIpc) is 2.84. The number of likely N-dealkylation sites (N-methyl/N-ethyl adjacent to an activating group) is 1. The highest BCUT2D eigenvalue weighted by Gasteiger charge is 2.46. The van der Waals surface area contributed by atoms with Gasteiger partial charge in [-0.15, -0.1) is 11.8 Å². The smallest absolute Gasteiger partial charge is 0.275 e. The van der Waals surface area contributed by atoms with Gasteiger partial charge in [-0.1, -0.05) is 12.1 Å². The molecule has 1 heterocycles. The summed E-state index contributed by atoms with van der Waals surface area (Å²) in [6.45, 7) is 4.10. The number of thioether (sulfide) groups is 1. The van der Waals surface area contributed by atoms with Crippen LogP contribution in [0.15, 0.2) is 24.3 Å². The molecule has 1 aliphatic rings. The Kier molecular flexibility index (Phi) is 5.17. The quantitative estimate of drug-likeness (QED) is 0.818. The highest BCUT2D eigenvalue weighted by atomic mass is 32.2. The Hall–Kier alpha value is -1.20. The number of rotatable bonds is 6. The lowest BCUT2D eigenvalue weighted by molar-refractivity contribution is -0.910. The number of nitrogens with two attached hydrogens (primary N) is 1. The van der Waals surface area contributed by atoms with Crippen LogP contribution in [0.5, 0.6) is 5.75 Å². The van der Waals surface area contributed by atoms with Crippen LogP contribution in [-0.4, -0.2) is 48.9 Å². The molecule has 116 valence electrons. The fourth-order valence-corrected chi connectivity index (χ4v) is 4.38. The number of methoxy groups -OCH3 is 1. The maximum absolute atomic E-state index is 11.6. The van der Waals surface area contributed by atoms with Crippen LogP contribution in [0.1, 0.15) is 18.9 Å². The van der Waals surface area contributed by atoms with Gasteiger partial charge in [-0.05, 0) is 24.6 Å². The first kappa shape index (κ1) is 16.2. The van der Waals surface area contributed by atoms with Crippen LogP contribution in [0.25, 0.3) is 0 Å². The summed E-state index contributed by atoms with van der Waals surface area (Å²) in [5, 5.41) is 0.495. The Bertz CT molecular complexity index is 492. The van der Waals surface area contributed by atoms with E-state index in [1.165, 1.54) is 5.56 Å². The molecular formula is C16H25N2O2S+. The van der Waals surface area contributed by atoms with E-state index in [4.69, 9.17) is 10.5 Å². The number of hydrogen-bond acceptors (Lipinski definition) is 3. The van der Waals surface area contributed by atoms with E-state index in [1.54, 1.807) is 7.11 Å². The third-order valence-electron chi connectivity index (χ3n) is 4.55. The van der Waals surface area contributed by atoms with Crippen LogP contribution in [0.3, 0.4) is 0 Å². The number of hydrogen-bond donors (Lipinski definition) is 1. The third-order valence-corrected chi connectivity index (χ3v) is 5.87. The van der Waals surface area contributed by atoms with Crippen LogP contribution >= 0.6 is 11.8 Å². The number of primary amides is 1. The lowest BCUT2D eigenvalue weighted by Gasteiger charge is -2.33. The second-order valence-electron chi connectivity index (χ2n) is 5.91. The van der Waals surface area contributed by atoms with Crippen molar-refractivity contribution in [3.63, 3.8) is 0 Å². The van der Waals surface area contributed by atoms with Crippen molar-refractivity contribution in [2.24, 2.45) is 5.73 Å². The van der Waals surface area contributed by atoms with Gasteiger partial charge in [0.15, 0.2) is 6.04 Å². The molecule has 1 aromatic carbocycles. The van der Waals surface area contributed by atoms with E-state index in [2.05, 4.69) is 26.1 Å². The number of benzene rings is 1. The van der Waals surface area contributed by atoms with E-state index in [9.17, 15) is 4.79 Å². The standard InChI is InChI=1S/C16H24N2O2S/c1-4-18(2)10-14(9-15(18)16(17)19)21-11-12-5-7-13(20-3)8-6-12/h5-8,14-15H,4,9-11H2,1-3H3,(H-,17,19)/p+1/t14-,15-,18?/m0/s1. The van der Waals surface area contributed by atoms with Gasteiger partial charge in [-0.25, -0.2) is 0 Å². The van der Waals surface area contributed by atoms with Crippen molar-refractivity contribution in [2.75, 3.05) is 27.2 Å². The molecular weight excluding hydrogens is 284 g/mol. The summed E-state index contributed by atoms with van der Waals surface area (Å²) >= 11 is 1.93. The summed E-state index contributed by atoms with van der Waals surface area (Å²) in [7, 11) is 3.82. The van der Waals surface area contributed by atoms with Gasteiger partial charge in [0.05, 0.1) is 32.5 Å². The molecule has 4 nitrogen and oxygen atoms in total. The Morgan fingerprint density at radius 3 is 2.57 bits per heavy atom. The molecule has 1 saturated heterocycles. The Morgan fingerprint density at radius 1 is 1.43 bits per heavy atom. The molecule has 0 bridgehead atoms. The number of carbonyl (C=O) groups is 1. The molecule has 1 fully saturated rings. The topological polar surface area (TPSA) is 52.3 Å². The molecule has 21 heavy (non-hydrogen) atoms. The zero-order valence-electron chi connectivity index (χ0n) is 13.0. The van der Waals surface area contributed by atoms with E-state index in [0.717, 1.165) is 35.5 Å². The Morgan fingerprint density at radius 2 is 2.10 bits per heavy atom. The molecule has 0 spiro atoms. The summed E-state index contributed by atoms with van der Waals surface area (Å²) in [4.78, 5) is 11.6. The number of ether oxygens (including phenoxy) is 1. The molecule has 1 aliphatic heterocycles. The summed E-state index contributed by atoms with van der Waals surface area (Å²) in [5.41, 5.74) is 6.86. The average molecular weight is 309 g/mol. The first-order valence-corrected chi connectivity index (χ1v) is 8.41. The maximum atomic E-state index is 11.6. The monoisotopic (exact) mass is 309 g/mol. The van der Waals surface area contributed by atoms with Gasteiger partial charge in [-0.3, -0.25) is 4.79 Å². The lowest BCUT2D eigenvalue weighted by atomic mass is 10.2. The van der Waals surface area contributed by atoms with Crippen molar-refractivity contribution in [3.05, 3.63) is 29.8 Å². The molecule has 1 amide bonds. The SMILES string of the molecule is CC[N+]1(C)C[C@@H](SCc2ccc(OC)cc2)C[C@H]1C(N)=O. The van der Waals surface area contributed by atoms with Crippen molar-refractivity contribution in [1.82, 2.24) is 0 Å². The minimum absolute atomic E-state index is 0.0385. The Balaban J connectivity index is 1.93. The summed E-state index contributed by atoms with van der Waals surface area (Å²) in [5.74, 6) is 1.68. The summed E-state index contributed by atoms with van der Waals surface area (Å²) in [6, 6.07) is 8.13. The Labute approximate surface area is 131 Å². The van der Waals surface area contributed by atoms with E-state index in [1.807, 2.05) is 23.9 Å². The second-order valence-corrected chi connectivity index (χ2v) is 7.20. The number of carbonyl (C=O) groups excluding carboxylic acids is 1. The predicted octanol–water partition coefficient (Wildman–Crippen LogP) is 2.02. The lowest BCUT2D eigenvalue weighted by Crippen LogP contribution is -2.53. The molecule has 0 aromatic heterocycles. The van der Waals surface area contributed by atoms with E-state index >= 15 is 0 Å². The summed E-state index contributed by atoms with van der Waals surface area (Å²) in [6.07, 6.45) is 0.889. The molecule has 0 saturated carbocycles. The van der Waals surface area contributed by atoms with Gasteiger partial charge in [0.1, 0.15) is 5.75 Å². The van der Waals surface area contributed by atoms with Crippen LogP contribution < -0.4 is 10.5 Å². The van der Waals surface area contributed by atoms with Gasteiger partial charge in [0, 0.05) is 12.2 Å². The highest BCUT2D eigenvalue weighted by molar-refractivity contribution is 7.99. The van der Waals surface area contributed by atoms with Crippen molar-refractivity contribution < 1.29 is 14.0 Å². The zero-order valence-corrected chi connectivity index (χ0v) is 13.9. The van der Waals surface area contributed by atoms with Gasteiger partial charge >= 0.3 is 0 Å². The fourth-order valence-electron chi connectivity index (χ4n) is 3.00. The van der Waals surface area contributed by atoms with Crippen LogP contribution in [-0.2, 0) is 10.5 Å². The van der Waals surface area contributed by atoms with E-state index in [-0.39, 0.29) is 11.9 Å². The molecule has 5 heteroatoms. The largest absolute Gasteiger partial charge is 0.497 e. The predicted molar refractivity (Wildman–Crippen MR) is 87.3 cm³/mol. The third kappa shape index (κ3) is 3.71. The molecule has 3 atom stereocenters. The van der Waals surface area contributed by atoms with Gasteiger partial charge in [0.25, 0.3) is 5.91 Å². The van der Waals surface area contributed by atoms with E-state index < -0.39 is 0 Å². The van der Waals surface area contributed by atoms with Crippen LogP contribution in [0, 0.1) is 0 Å². The van der Waals surface area contributed by atoms with Gasteiger partial charge in [-0.2, -0.15) is 0 Å². The summed E-state index contributed by atoms with van der Waals surface area (Å²) < 4.78 is 5.94. The van der Waals surface area contributed by atoms with E-state index in [0.29, 0.717) is 5.25 Å². The second kappa shape index (κ2) is 6.71. The maximum Gasteiger partial charge on any atom is 0.275 e. The molecule has 2 N–H and O–H groups in total. The first-order chi connectivity index (χ1) is 9.98. The molecule has 0 aliphatic carbocycles. The number of nitrogens with zero attached hydrogens (tertiary/aromatic N) is 1. The highest BCUT2D eigenvalue weighted by Crippen LogP contribution is 2.34. The molecule has 0 radical (unpaired) electrons. The molecule has 2 rings (SSSR count). The van der Waals surface area contributed by atoms with Crippen molar-refractivity contribution in [3.8, 4) is 5.75 Å². The number of amides is 1. The van der Waals surface area contributed by atoms with Crippen molar-refractivity contribution in [2.45, 2.75) is 30.4 Å². The molecule has 1 aromatic rings.